The first-order valence-corrected chi connectivity index (χ1v) is 9.48. The van der Waals surface area contributed by atoms with Crippen LogP contribution in [0.1, 0.15) is 25.0 Å². The molecule has 0 unspecified atom stereocenters. The molecular weight excluding hydrogens is 381 g/mol. The average Bonchev–Trinajstić information content (AvgIpc) is 2.80. The van der Waals surface area contributed by atoms with Gasteiger partial charge in [0, 0.05) is 5.69 Å². The molecule has 27 heavy (non-hydrogen) atoms. The van der Waals surface area contributed by atoms with Crippen molar-refractivity contribution in [3.8, 4) is 0 Å². The molecule has 0 atom stereocenters. The lowest BCUT2D eigenvalue weighted by atomic mass is 9.86. The highest BCUT2D eigenvalue weighted by Crippen LogP contribution is 2.46. The maximum Gasteiger partial charge on any atom is 0.416 e. The minimum Gasteiger partial charge on any atom is -0.280 e. The first-order valence-electron chi connectivity index (χ1n) is 7.99. The Morgan fingerprint density at radius 2 is 1.63 bits per heavy atom. The van der Waals surface area contributed by atoms with Crippen molar-refractivity contribution >= 4 is 27.3 Å². The normalized spacial score (nSPS) is 16.5. The summed E-state index contributed by atoms with van der Waals surface area (Å²) in [7, 11) is -2.41. The molecule has 0 bridgehead atoms. The van der Waals surface area contributed by atoms with E-state index in [1.807, 2.05) is 0 Å². The molecule has 1 aliphatic rings. The zero-order chi connectivity index (χ0) is 20.2. The Morgan fingerprint density at radius 3 is 2.15 bits per heavy atom. The van der Waals surface area contributed by atoms with E-state index in [1.165, 1.54) is 42.3 Å². The lowest BCUT2D eigenvalue weighted by molar-refractivity contribution is -0.137. The Labute approximate surface area is 154 Å². The van der Waals surface area contributed by atoms with Crippen molar-refractivity contribution in [2.24, 2.45) is 0 Å². The first-order chi connectivity index (χ1) is 12.4. The van der Waals surface area contributed by atoms with Crippen molar-refractivity contribution in [3.05, 3.63) is 53.6 Å². The van der Waals surface area contributed by atoms with Gasteiger partial charge < -0.3 is 0 Å². The molecule has 3 rings (SSSR count). The fourth-order valence-electron chi connectivity index (χ4n) is 3.06. The third-order valence-corrected chi connectivity index (χ3v) is 6.06. The second kappa shape index (κ2) is 6.07. The Kier molecular flexibility index (Phi) is 4.35. The number of rotatable bonds is 3. The minimum absolute atomic E-state index is 0.0129. The van der Waals surface area contributed by atoms with Crippen LogP contribution in [0.4, 0.5) is 24.5 Å². The number of halogens is 3. The number of benzene rings is 2. The molecule has 0 aliphatic carbocycles. The van der Waals surface area contributed by atoms with Crippen molar-refractivity contribution in [1.82, 2.24) is 4.72 Å². The summed E-state index contributed by atoms with van der Waals surface area (Å²) in [5.74, 6) is -0.351. The van der Waals surface area contributed by atoms with Gasteiger partial charge in [0.1, 0.15) is 0 Å². The number of carbonyl (C=O) groups is 1. The zero-order valence-corrected chi connectivity index (χ0v) is 15.6. The summed E-state index contributed by atoms with van der Waals surface area (Å²) in [6.45, 7) is 3.29. The molecule has 0 radical (unpaired) electrons. The molecule has 1 N–H and O–H groups in total. The van der Waals surface area contributed by atoms with Crippen molar-refractivity contribution in [2.75, 3.05) is 11.9 Å². The number of carbonyl (C=O) groups excluding carboxylic acids is 1. The molecule has 0 saturated heterocycles. The second-order valence-corrected chi connectivity index (χ2v) is 8.58. The van der Waals surface area contributed by atoms with E-state index in [4.69, 9.17) is 0 Å². The molecular formula is C18H17F3N2O3S. The smallest absolute Gasteiger partial charge is 0.280 e. The van der Waals surface area contributed by atoms with Crippen LogP contribution in [-0.4, -0.2) is 21.4 Å². The highest BCUT2D eigenvalue weighted by molar-refractivity contribution is 7.89. The predicted octanol–water partition coefficient (Wildman–Crippen LogP) is 3.57. The van der Waals surface area contributed by atoms with Crippen molar-refractivity contribution in [2.45, 2.75) is 30.3 Å². The van der Waals surface area contributed by atoms with Gasteiger partial charge in [-0.15, -0.1) is 0 Å². The Balaban J connectivity index is 2.12. The fourth-order valence-corrected chi connectivity index (χ4v) is 3.81. The van der Waals surface area contributed by atoms with E-state index < -0.39 is 27.2 Å². The third-order valence-electron chi connectivity index (χ3n) is 4.65. The molecule has 9 heteroatoms. The van der Waals surface area contributed by atoms with Crippen LogP contribution in [0.2, 0.25) is 0 Å². The van der Waals surface area contributed by atoms with Crippen LogP contribution in [0, 0.1) is 0 Å². The standard InChI is InChI=1S/C18H17F3N2O3S/c1-17(2)14-10-13(27(25,26)22-3)8-9-15(14)23(16(17)24)12-6-4-11(5-7-12)18(19,20)21/h4-10,22H,1-3H3. The largest absolute Gasteiger partial charge is 0.416 e. The van der Waals surface area contributed by atoms with Gasteiger partial charge in [0.05, 0.1) is 21.6 Å². The minimum atomic E-state index is -4.47. The van der Waals surface area contributed by atoms with E-state index in [2.05, 4.69) is 4.72 Å². The van der Waals surface area contributed by atoms with E-state index in [1.54, 1.807) is 13.8 Å². The number of anilines is 2. The highest BCUT2D eigenvalue weighted by atomic mass is 32.2. The number of amides is 1. The van der Waals surface area contributed by atoms with Gasteiger partial charge in [0.25, 0.3) is 0 Å². The first kappa shape index (κ1) is 19.4. The molecule has 1 aliphatic heterocycles. The van der Waals surface area contributed by atoms with E-state index in [0.29, 0.717) is 11.3 Å². The van der Waals surface area contributed by atoms with Crippen LogP contribution in [-0.2, 0) is 26.4 Å². The Morgan fingerprint density at radius 1 is 1.04 bits per heavy atom. The lowest BCUT2D eigenvalue weighted by Gasteiger charge is -2.21. The Hall–Kier alpha value is -2.39. The quantitative estimate of drug-likeness (QED) is 0.860. The predicted molar refractivity (Wildman–Crippen MR) is 94.3 cm³/mol. The van der Waals surface area contributed by atoms with Gasteiger partial charge in [-0.05, 0) is 68.9 Å². The molecule has 0 saturated carbocycles. The number of hydrogen-bond acceptors (Lipinski definition) is 3. The molecule has 5 nitrogen and oxygen atoms in total. The van der Waals surface area contributed by atoms with Crippen LogP contribution in [0.3, 0.4) is 0 Å². The van der Waals surface area contributed by atoms with E-state index in [0.717, 1.165) is 12.1 Å². The van der Waals surface area contributed by atoms with Gasteiger partial charge in [0.15, 0.2) is 0 Å². The lowest BCUT2D eigenvalue weighted by Crippen LogP contribution is -2.33. The van der Waals surface area contributed by atoms with E-state index in [9.17, 15) is 26.4 Å². The summed E-state index contributed by atoms with van der Waals surface area (Å²) in [5, 5.41) is 0. The molecule has 144 valence electrons. The van der Waals surface area contributed by atoms with Gasteiger partial charge in [-0.25, -0.2) is 13.1 Å². The van der Waals surface area contributed by atoms with Gasteiger partial charge in [0.2, 0.25) is 15.9 Å². The van der Waals surface area contributed by atoms with Gasteiger partial charge in [-0.2, -0.15) is 13.2 Å². The summed E-state index contributed by atoms with van der Waals surface area (Å²) in [5.41, 5.74) is -0.627. The SMILES string of the molecule is CNS(=O)(=O)c1ccc2c(c1)C(C)(C)C(=O)N2c1ccc(C(F)(F)F)cc1. The van der Waals surface area contributed by atoms with Crippen LogP contribution in [0.5, 0.6) is 0 Å². The number of nitrogens with one attached hydrogen (secondary N) is 1. The van der Waals surface area contributed by atoms with Crippen LogP contribution >= 0.6 is 0 Å². The summed E-state index contributed by atoms with van der Waals surface area (Å²) >= 11 is 0. The van der Waals surface area contributed by atoms with E-state index >= 15 is 0 Å². The number of alkyl halides is 3. The summed E-state index contributed by atoms with van der Waals surface area (Å²) in [6, 6.07) is 8.54. The maximum atomic E-state index is 12.9. The monoisotopic (exact) mass is 398 g/mol. The highest BCUT2D eigenvalue weighted by Gasteiger charge is 2.45. The molecule has 1 heterocycles. The molecule has 0 aromatic heterocycles. The molecule has 0 spiro atoms. The molecule has 2 aromatic carbocycles. The van der Waals surface area contributed by atoms with Crippen LogP contribution in [0.25, 0.3) is 0 Å². The maximum absolute atomic E-state index is 12.9. The molecule has 2 aromatic rings. The van der Waals surface area contributed by atoms with Crippen molar-refractivity contribution in [1.29, 1.82) is 0 Å². The fraction of sp³-hybridized carbons (Fsp3) is 0.278. The number of nitrogens with zero attached hydrogens (tertiary/aromatic N) is 1. The number of fused-ring (bicyclic) bond motifs is 1. The Bertz CT molecular complexity index is 1010. The van der Waals surface area contributed by atoms with Gasteiger partial charge in [-0.1, -0.05) is 0 Å². The third kappa shape index (κ3) is 3.10. The van der Waals surface area contributed by atoms with Gasteiger partial charge >= 0.3 is 6.18 Å². The van der Waals surface area contributed by atoms with Crippen molar-refractivity contribution < 1.29 is 26.4 Å². The number of sulfonamides is 1. The summed E-state index contributed by atoms with van der Waals surface area (Å²) < 4.78 is 64.7. The number of hydrogen-bond donors (Lipinski definition) is 1. The average molecular weight is 398 g/mol. The topological polar surface area (TPSA) is 66.5 Å². The van der Waals surface area contributed by atoms with Crippen LogP contribution in [0.15, 0.2) is 47.4 Å². The van der Waals surface area contributed by atoms with Crippen molar-refractivity contribution in [3.63, 3.8) is 0 Å². The summed E-state index contributed by atoms with van der Waals surface area (Å²) in [6.07, 6.45) is -4.47. The zero-order valence-electron chi connectivity index (χ0n) is 14.8. The summed E-state index contributed by atoms with van der Waals surface area (Å²) in [4.78, 5) is 14.3. The van der Waals surface area contributed by atoms with E-state index in [-0.39, 0.29) is 16.5 Å². The van der Waals surface area contributed by atoms with Crippen LogP contribution < -0.4 is 9.62 Å². The van der Waals surface area contributed by atoms with Gasteiger partial charge in [-0.3, -0.25) is 9.69 Å². The second-order valence-electron chi connectivity index (χ2n) is 6.70. The molecule has 0 fully saturated rings. The molecule has 1 amide bonds.